The number of pyridine rings is 1. The molecule has 1 aromatic carbocycles. The van der Waals surface area contributed by atoms with Gasteiger partial charge >= 0.3 is 6.18 Å². The van der Waals surface area contributed by atoms with Crippen molar-refractivity contribution in [3.05, 3.63) is 59.2 Å². The SMILES string of the molecule is Cc1cncc(NCc2ccc(F)c(C(F)(F)F)c2)c1. The smallest absolute Gasteiger partial charge is 0.380 e. The van der Waals surface area contributed by atoms with Gasteiger partial charge < -0.3 is 5.32 Å². The van der Waals surface area contributed by atoms with Gasteiger partial charge in [0, 0.05) is 18.9 Å². The van der Waals surface area contributed by atoms with E-state index in [2.05, 4.69) is 10.3 Å². The molecule has 106 valence electrons. The van der Waals surface area contributed by atoms with Crippen LogP contribution < -0.4 is 5.32 Å². The Morgan fingerprint density at radius 1 is 1.15 bits per heavy atom. The largest absolute Gasteiger partial charge is 0.419 e. The molecule has 0 spiro atoms. The van der Waals surface area contributed by atoms with Crippen LogP contribution in [-0.2, 0) is 12.7 Å². The maximum atomic E-state index is 13.1. The first-order valence-corrected chi connectivity index (χ1v) is 5.87. The van der Waals surface area contributed by atoms with Crippen molar-refractivity contribution in [3.8, 4) is 0 Å². The van der Waals surface area contributed by atoms with Gasteiger partial charge in [0.05, 0.1) is 11.3 Å². The molecular formula is C14H12F4N2. The van der Waals surface area contributed by atoms with Gasteiger partial charge in [0.15, 0.2) is 0 Å². The number of nitrogens with one attached hydrogen (secondary N) is 1. The molecule has 20 heavy (non-hydrogen) atoms. The molecule has 2 rings (SSSR count). The summed E-state index contributed by atoms with van der Waals surface area (Å²) in [5.41, 5.74) is 0.729. The van der Waals surface area contributed by atoms with Crippen LogP contribution >= 0.6 is 0 Å². The normalized spacial score (nSPS) is 11.4. The Bertz CT molecular complexity index is 608. The molecule has 0 saturated heterocycles. The summed E-state index contributed by atoms with van der Waals surface area (Å²) in [7, 11) is 0. The van der Waals surface area contributed by atoms with Crippen molar-refractivity contribution in [1.29, 1.82) is 0 Å². The molecule has 0 amide bonds. The van der Waals surface area contributed by atoms with Gasteiger partial charge in [-0.15, -0.1) is 0 Å². The molecule has 0 aliphatic heterocycles. The highest BCUT2D eigenvalue weighted by Gasteiger charge is 2.34. The molecule has 0 fully saturated rings. The molecule has 0 radical (unpaired) electrons. The third-order valence-electron chi connectivity index (χ3n) is 2.71. The highest BCUT2D eigenvalue weighted by molar-refractivity contribution is 5.43. The number of nitrogens with zero attached hydrogens (tertiary/aromatic N) is 1. The molecule has 0 unspecified atom stereocenters. The number of alkyl halides is 3. The van der Waals surface area contributed by atoms with E-state index in [1.165, 1.54) is 6.07 Å². The molecule has 6 heteroatoms. The number of aromatic nitrogens is 1. The van der Waals surface area contributed by atoms with E-state index in [4.69, 9.17) is 0 Å². The first kappa shape index (κ1) is 14.3. The van der Waals surface area contributed by atoms with E-state index in [1.807, 2.05) is 13.0 Å². The minimum absolute atomic E-state index is 0.161. The van der Waals surface area contributed by atoms with Crippen LogP contribution in [0.2, 0.25) is 0 Å². The van der Waals surface area contributed by atoms with Crippen molar-refractivity contribution in [2.75, 3.05) is 5.32 Å². The fourth-order valence-electron chi connectivity index (χ4n) is 1.76. The molecule has 0 aliphatic carbocycles. The van der Waals surface area contributed by atoms with Gasteiger partial charge in [-0.2, -0.15) is 13.2 Å². The maximum absolute atomic E-state index is 13.1. The Hall–Kier alpha value is -2.11. The summed E-state index contributed by atoms with van der Waals surface area (Å²) in [6.07, 6.45) is -1.45. The van der Waals surface area contributed by atoms with Gasteiger partial charge in [-0.3, -0.25) is 4.98 Å². The lowest BCUT2D eigenvalue weighted by Crippen LogP contribution is -2.10. The Morgan fingerprint density at radius 2 is 1.90 bits per heavy atom. The number of rotatable bonds is 3. The van der Waals surface area contributed by atoms with E-state index >= 15 is 0 Å². The van der Waals surface area contributed by atoms with Crippen molar-refractivity contribution in [3.63, 3.8) is 0 Å². The van der Waals surface area contributed by atoms with Crippen LogP contribution in [0.25, 0.3) is 0 Å². The van der Waals surface area contributed by atoms with Crippen molar-refractivity contribution in [2.45, 2.75) is 19.6 Å². The van der Waals surface area contributed by atoms with Crippen LogP contribution in [0.15, 0.2) is 36.7 Å². The molecule has 0 aliphatic rings. The van der Waals surface area contributed by atoms with E-state index in [1.54, 1.807) is 12.4 Å². The van der Waals surface area contributed by atoms with Gasteiger partial charge in [0.2, 0.25) is 0 Å². The van der Waals surface area contributed by atoms with Crippen LogP contribution in [0.4, 0.5) is 23.2 Å². The summed E-state index contributed by atoms with van der Waals surface area (Å²) in [6.45, 7) is 2.02. The number of aryl methyl sites for hydroxylation is 1. The van der Waals surface area contributed by atoms with E-state index in [9.17, 15) is 17.6 Å². The second-order valence-corrected chi connectivity index (χ2v) is 4.42. The van der Waals surface area contributed by atoms with Crippen molar-refractivity contribution < 1.29 is 17.6 Å². The molecule has 2 nitrogen and oxygen atoms in total. The lowest BCUT2D eigenvalue weighted by molar-refractivity contribution is -0.140. The summed E-state index contributed by atoms with van der Waals surface area (Å²) in [6, 6.07) is 4.78. The van der Waals surface area contributed by atoms with Gasteiger partial charge in [-0.25, -0.2) is 4.39 Å². The minimum Gasteiger partial charge on any atom is -0.380 e. The summed E-state index contributed by atoms with van der Waals surface area (Å²) < 4.78 is 50.9. The summed E-state index contributed by atoms with van der Waals surface area (Å²) >= 11 is 0. The van der Waals surface area contributed by atoms with Crippen molar-refractivity contribution in [2.24, 2.45) is 0 Å². The van der Waals surface area contributed by atoms with Gasteiger partial charge in [-0.05, 0) is 36.2 Å². The first-order chi connectivity index (χ1) is 9.36. The predicted octanol–water partition coefficient (Wildman–Crippen LogP) is 4.16. The number of hydrogen-bond acceptors (Lipinski definition) is 2. The van der Waals surface area contributed by atoms with E-state index < -0.39 is 17.6 Å². The zero-order valence-corrected chi connectivity index (χ0v) is 10.6. The zero-order chi connectivity index (χ0) is 14.8. The summed E-state index contributed by atoms with van der Waals surface area (Å²) in [4.78, 5) is 3.96. The van der Waals surface area contributed by atoms with E-state index in [0.717, 1.165) is 17.7 Å². The zero-order valence-electron chi connectivity index (χ0n) is 10.6. The Morgan fingerprint density at radius 3 is 2.55 bits per heavy atom. The Balaban J connectivity index is 2.14. The van der Waals surface area contributed by atoms with Crippen LogP contribution in [0.1, 0.15) is 16.7 Å². The van der Waals surface area contributed by atoms with Crippen molar-refractivity contribution in [1.82, 2.24) is 4.98 Å². The second-order valence-electron chi connectivity index (χ2n) is 4.42. The van der Waals surface area contributed by atoms with E-state index in [-0.39, 0.29) is 6.54 Å². The van der Waals surface area contributed by atoms with Crippen LogP contribution in [0.5, 0.6) is 0 Å². The highest BCUT2D eigenvalue weighted by Crippen LogP contribution is 2.32. The van der Waals surface area contributed by atoms with Gasteiger partial charge in [-0.1, -0.05) is 6.07 Å². The lowest BCUT2D eigenvalue weighted by Gasteiger charge is -2.11. The topological polar surface area (TPSA) is 24.9 Å². The Kier molecular flexibility index (Phi) is 3.92. The third kappa shape index (κ3) is 3.46. The van der Waals surface area contributed by atoms with Crippen LogP contribution in [0.3, 0.4) is 0 Å². The van der Waals surface area contributed by atoms with Crippen LogP contribution in [0, 0.1) is 12.7 Å². The van der Waals surface area contributed by atoms with Gasteiger partial charge in [0.1, 0.15) is 5.82 Å². The fraction of sp³-hybridized carbons (Fsp3) is 0.214. The number of anilines is 1. The average Bonchev–Trinajstić information content (AvgIpc) is 2.36. The van der Waals surface area contributed by atoms with Gasteiger partial charge in [0.25, 0.3) is 0 Å². The standard InChI is InChI=1S/C14H12F4N2/c1-9-4-11(8-19-6-9)20-7-10-2-3-13(15)12(5-10)14(16,17)18/h2-6,8,20H,7H2,1H3. The molecular weight excluding hydrogens is 272 g/mol. The molecule has 1 heterocycles. The van der Waals surface area contributed by atoms with E-state index in [0.29, 0.717) is 11.3 Å². The molecule has 0 atom stereocenters. The third-order valence-corrected chi connectivity index (χ3v) is 2.71. The van der Waals surface area contributed by atoms with Crippen molar-refractivity contribution >= 4 is 5.69 Å². The molecule has 2 aromatic rings. The van der Waals surface area contributed by atoms with Crippen LogP contribution in [-0.4, -0.2) is 4.98 Å². The quantitative estimate of drug-likeness (QED) is 0.856. The number of benzene rings is 1. The summed E-state index contributed by atoms with van der Waals surface area (Å²) in [5, 5.41) is 2.95. The molecule has 1 N–H and O–H groups in total. The highest BCUT2D eigenvalue weighted by atomic mass is 19.4. The monoisotopic (exact) mass is 284 g/mol. The first-order valence-electron chi connectivity index (χ1n) is 5.87. The second kappa shape index (κ2) is 5.48. The molecule has 0 saturated carbocycles. The minimum atomic E-state index is -4.69. The summed E-state index contributed by atoms with van der Waals surface area (Å²) in [5.74, 6) is -1.27. The molecule has 0 bridgehead atoms. The predicted molar refractivity (Wildman–Crippen MR) is 67.7 cm³/mol. The Labute approximate surface area is 113 Å². The maximum Gasteiger partial charge on any atom is 0.419 e. The molecule has 1 aromatic heterocycles. The fourth-order valence-corrected chi connectivity index (χ4v) is 1.76. The average molecular weight is 284 g/mol. The number of halogens is 4. The lowest BCUT2D eigenvalue weighted by atomic mass is 10.1. The number of hydrogen-bond donors (Lipinski definition) is 1.